The minimum atomic E-state index is -4.76. The lowest BCUT2D eigenvalue weighted by Crippen LogP contribution is -2.48. The van der Waals surface area contributed by atoms with E-state index < -0.39 is 31.7 Å². The van der Waals surface area contributed by atoms with Gasteiger partial charge >= 0.3 is 6.18 Å². The number of hydrogen-bond donors (Lipinski definition) is 0. The van der Waals surface area contributed by atoms with E-state index in [2.05, 4.69) is 0 Å². The van der Waals surface area contributed by atoms with Gasteiger partial charge in [-0.3, -0.25) is 9.69 Å². The zero-order valence-electron chi connectivity index (χ0n) is 17.4. The number of Topliss-reactive ketones (excluding diaryl/α,β-unsaturated/α-hetero) is 1. The molecule has 3 rings (SSSR count). The Morgan fingerprint density at radius 2 is 1.75 bits per heavy atom. The van der Waals surface area contributed by atoms with Crippen LogP contribution < -0.4 is 4.74 Å². The van der Waals surface area contributed by atoms with E-state index in [1.807, 2.05) is 4.90 Å². The van der Waals surface area contributed by atoms with Crippen LogP contribution in [0, 0.1) is 0 Å². The van der Waals surface area contributed by atoms with Gasteiger partial charge in [0.25, 0.3) is 0 Å². The van der Waals surface area contributed by atoms with Crippen molar-refractivity contribution in [1.82, 2.24) is 9.21 Å². The number of halogens is 4. The predicted molar refractivity (Wildman–Crippen MR) is 113 cm³/mol. The Labute approximate surface area is 189 Å². The number of carbonyl (C=O) groups excluding carboxylic acids is 1. The van der Waals surface area contributed by atoms with Crippen molar-refractivity contribution < 1.29 is 31.1 Å². The highest BCUT2D eigenvalue weighted by Crippen LogP contribution is 2.36. The minimum Gasteiger partial charge on any atom is -0.496 e. The molecule has 1 aliphatic rings. The second-order valence-corrected chi connectivity index (χ2v) is 9.75. The molecule has 32 heavy (non-hydrogen) atoms. The standard InChI is InChI=1S/C21H22ClF3N2O4S/c1-14(28)15-3-6-20(31-2)16(11-15)13-26-7-9-27(10-8-26)32(29,30)17-4-5-19(22)18(12-17)21(23,24)25/h3-6,11-12H,7-10,13H2,1-2H3. The van der Waals surface area contributed by atoms with E-state index in [1.54, 1.807) is 18.2 Å². The highest BCUT2D eigenvalue weighted by atomic mass is 35.5. The van der Waals surface area contributed by atoms with Gasteiger partial charge in [0.1, 0.15) is 5.75 Å². The Balaban J connectivity index is 1.74. The van der Waals surface area contributed by atoms with Crippen molar-refractivity contribution in [2.75, 3.05) is 33.3 Å². The van der Waals surface area contributed by atoms with Gasteiger partial charge in [0.2, 0.25) is 10.0 Å². The van der Waals surface area contributed by atoms with Crippen molar-refractivity contribution >= 4 is 27.4 Å². The zero-order chi connectivity index (χ0) is 23.7. The number of hydrogen-bond acceptors (Lipinski definition) is 5. The first-order valence-electron chi connectivity index (χ1n) is 9.70. The molecule has 0 radical (unpaired) electrons. The highest BCUT2D eigenvalue weighted by molar-refractivity contribution is 7.89. The van der Waals surface area contributed by atoms with Crippen LogP contribution in [0.3, 0.4) is 0 Å². The van der Waals surface area contributed by atoms with Gasteiger partial charge in [-0.2, -0.15) is 17.5 Å². The van der Waals surface area contributed by atoms with E-state index in [-0.39, 0.29) is 18.9 Å². The summed E-state index contributed by atoms with van der Waals surface area (Å²) in [4.78, 5) is 13.2. The van der Waals surface area contributed by atoms with Crippen molar-refractivity contribution in [3.05, 3.63) is 58.1 Å². The number of methoxy groups -OCH3 is 1. The van der Waals surface area contributed by atoms with Crippen LogP contribution in [-0.4, -0.2) is 56.7 Å². The molecule has 0 aliphatic carbocycles. The number of nitrogens with zero attached hydrogens (tertiary/aromatic N) is 2. The Morgan fingerprint density at radius 1 is 1.09 bits per heavy atom. The molecule has 0 aromatic heterocycles. The molecule has 0 unspecified atom stereocenters. The monoisotopic (exact) mass is 490 g/mol. The summed E-state index contributed by atoms with van der Waals surface area (Å²) < 4.78 is 71.7. The largest absolute Gasteiger partial charge is 0.496 e. The lowest BCUT2D eigenvalue weighted by atomic mass is 10.1. The van der Waals surface area contributed by atoms with E-state index in [4.69, 9.17) is 16.3 Å². The van der Waals surface area contributed by atoms with Crippen LogP contribution in [0.15, 0.2) is 41.3 Å². The van der Waals surface area contributed by atoms with E-state index in [0.717, 1.165) is 22.0 Å². The van der Waals surface area contributed by atoms with Crippen molar-refractivity contribution in [3.63, 3.8) is 0 Å². The molecule has 1 heterocycles. The van der Waals surface area contributed by atoms with Gasteiger partial charge in [0, 0.05) is 43.9 Å². The first-order chi connectivity index (χ1) is 14.9. The molecule has 0 bridgehead atoms. The minimum absolute atomic E-state index is 0.0778. The smallest absolute Gasteiger partial charge is 0.417 e. The van der Waals surface area contributed by atoms with Crippen LogP contribution >= 0.6 is 11.6 Å². The Morgan fingerprint density at radius 3 is 2.31 bits per heavy atom. The van der Waals surface area contributed by atoms with Crippen LogP contribution in [-0.2, 0) is 22.7 Å². The molecule has 0 atom stereocenters. The molecule has 2 aromatic rings. The van der Waals surface area contributed by atoms with Crippen LogP contribution in [0.2, 0.25) is 5.02 Å². The zero-order valence-corrected chi connectivity index (χ0v) is 19.0. The van der Waals surface area contributed by atoms with Crippen LogP contribution in [0.1, 0.15) is 28.4 Å². The number of rotatable bonds is 6. The molecule has 0 spiro atoms. The third kappa shape index (κ3) is 5.25. The molecule has 0 N–H and O–H groups in total. The summed E-state index contributed by atoms with van der Waals surface area (Å²) in [7, 11) is -2.58. The fraction of sp³-hybridized carbons (Fsp3) is 0.381. The SMILES string of the molecule is COc1ccc(C(C)=O)cc1CN1CCN(S(=O)(=O)c2ccc(Cl)c(C(F)(F)F)c2)CC1. The number of carbonyl (C=O) groups is 1. The van der Waals surface area contributed by atoms with E-state index in [0.29, 0.717) is 37.0 Å². The summed E-state index contributed by atoms with van der Waals surface area (Å²) in [6.45, 7) is 2.87. The lowest BCUT2D eigenvalue weighted by molar-refractivity contribution is -0.137. The number of benzene rings is 2. The molecule has 0 saturated carbocycles. The van der Waals surface area contributed by atoms with Crippen molar-refractivity contribution in [2.45, 2.75) is 24.5 Å². The number of sulfonamides is 1. The first kappa shape index (κ1) is 24.5. The van der Waals surface area contributed by atoms with Crippen LogP contribution in [0.4, 0.5) is 13.2 Å². The third-order valence-corrected chi connectivity index (χ3v) is 7.52. The topological polar surface area (TPSA) is 66.9 Å². The molecule has 1 fully saturated rings. The van der Waals surface area contributed by atoms with Gasteiger partial charge in [-0.05, 0) is 43.3 Å². The first-order valence-corrected chi connectivity index (χ1v) is 11.5. The second-order valence-electron chi connectivity index (χ2n) is 7.40. The van der Waals surface area contributed by atoms with Crippen molar-refractivity contribution in [1.29, 1.82) is 0 Å². The van der Waals surface area contributed by atoms with Gasteiger partial charge in [0.05, 0.1) is 22.6 Å². The predicted octanol–water partition coefficient (Wildman–Crippen LogP) is 4.08. The quantitative estimate of drug-likeness (QED) is 0.571. The lowest BCUT2D eigenvalue weighted by Gasteiger charge is -2.34. The average molecular weight is 491 g/mol. The number of ketones is 1. The fourth-order valence-electron chi connectivity index (χ4n) is 3.52. The van der Waals surface area contributed by atoms with Gasteiger partial charge in [-0.25, -0.2) is 8.42 Å². The van der Waals surface area contributed by atoms with Crippen LogP contribution in [0.25, 0.3) is 0 Å². The van der Waals surface area contributed by atoms with Gasteiger partial charge in [0.15, 0.2) is 5.78 Å². The Bertz CT molecular complexity index is 1110. The number of piperazine rings is 1. The normalized spacial score (nSPS) is 16.2. The number of ether oxygens (including phenoxy) is 1. The van der Waals surface area contributed by atoms with Gasteiger partial charge < -0.3 is 4.74 Å². The van der Waals surface area contributed by atoms with E-state index in [1.165, 1.54) is 14.0 Å². The summed E-state index contributed by atoms with van der Waals surface area (Å²) in [6.07, 6.45) is -4.76. The molecule has 2 aromatic carbocycles. The van der Waals surface area contributed by atoms with E-state index >= 15 is 0 Å². The summed E-state index contributed by atoms with van der Waals surface area (Å²) in [6, 6.07) is 7.74. The molecular formula is C21H22ClF3N2O4S. The maximum atomic E-state index is 13.1. The maximum Gasteiger partial charge on any atom is 0.417 e. The summed E-state index contributed by atoms with van der Waals surface area (Å²) in [5.41, 5.74) is 0.158. The summed E-state index contributed by atoms with van der Waals surface area (Å²) in [5.74, 6) is 0.539. The van der Waals surface area contributed by atoms with Gasteiger partial charge in [-0.1, -0.05) is 11.6 Å². The molecule has 174 valence electrons. The summed E-state index contributed by atoms with van der Waals surface area (Å²) >= 11 is 5.60. The molecule has 11 heteroatoms. The average Bonchev–Trinajstić information content (AvgIpc) is 2.73. The second kappa shape index (κ2) is 9.38. The fourth-order valence-corrected chi connectivity index (χ4v) is 5.19. The Kier molecular flexibility index (Phi) is 7.18. The molecule has 1 aliphatic heterocycles. The molecule has 6 nitrogen and oxygen atoms in total. The van der Waals surface area contributed by atoms with Crippen molar-refractivity contribution in [3.8, 4) is 5.75 Å². The maximum absolute atomic E-state index is 13.1. The van der Waals surface area contributed by atoms with E-state index in [9.17, 15) is 26.4 Å². The molecular weight excluding hydrogens is 469 g/mol. The summed E-state index contributed by atoms with van der Waals surface area (Å²) in [5, 5.41) is -0.553. The third-order valence-electron chi connectivity index (χ3n) is 5.29. The van der Waals surface area contributed by atoms with Crippen molar-refractivity contribution in [2.24, 2.45) is 0 Å². The highest BCUT2D eigenvalue weighted by Gasteiger charge is 2.36. The van der Waals surface area contributed by atoms with Gasteiger partial charge in [-0.15, -0.1) is 0 Å². The van der Waals surface area contributed by atoms with Crippen LogP contribution in [0.5, 0.6) is 5.75 Å². The molecule has 0 amide bonds. The Hall–Kier alpha value is -2.14. The molecule has 1 saturated heterocycles. The number of alkyl halides is 3.